The Bertz CT molecular complexity index is 1190. The van der Waals surface area contributed by atoms with Crippen molar-refractivity contribution in [2.45, 2.75) is 38.3 Å². The van der Waals surface area contributed by atoms with Gasteiger partial charge in [-0.1, -0.05) is 18.2 Å². The van der Waals surface area contributed by atoms with Gasteiger partial charge in [0, 0.05) is 32.3 Å². The van der Waals surface area contributed by atoms with Crippen molar-refractivity contribution >= 4 is 23.1 Å². The molecule has 1 fully saturated rings. The van der Waals surface area contributed by atoms with Crippen LogP contribution in [0.2, 0.25) is 0 Å². The Hall–Kier alpha value is -3.82. The summed E-state index contributed by atoms with van der Waals surface area (Å²) in [6, 6.07) is 6.58. The number of hydrogen-bond donors (Lipinski definition) is 0. The van der Waals surface area contributed by atoms with Gasteiger partial charge in [0.1, 0.15) is 17.6 Å². The molecule has 2 aliphatic heterocycles. The van der Waals surface area contributed by atoms with Crippen LogP contribution in [0.3, 0.4) is 0 Å². The molecule has 0 unspecified atom stereocenters. The Balaban J connectivity index is 1.29. The molecule has 0 aliphatic carbocycles. The zero-order chi connectivity index (χ0) is 22.2. The first kappa shape index (κ1) is 20.1. The molecule has 1 amide bonds. The van der Waals surface area contributed by atoms with Crippen LogP contribution in [-0.4, -0.2) is 50.2 Å². The number of aryl methyl sites for hydroxylation is 2. The number of rotatable bonds is 6. The molecular formula is C22H23N7O3. The summed E-state index contributed by atoms with van der Waals surface area (Å²) in [5.74, 6) is 1.67. The molecule has 1 atom stereocenters. The first-order chi connectivity index (χ1) is 15.5. The van der Waals surface area contributed by atoms with Gasteiger partial charge in [-0.15, -0.1) is 0 Å². The summed E-state index contributed by atoms with van der Waals surface area (Å²) in [4.78, 5) is 36.4. The van der Waals surface area contributed by atoms with Gasteiger partial charge in [-0.25, -0.2) is 9.97 Å². The van der Waals surface area contributed by atoms with E-state index in [1.165, 1.54) is 6.07 Å². The zero-order valence-electron chi connectivity index (χ0n) is 17.7. The van der Waals surface area contributed by atoms with Crippen molar-refractivity contribution < 1.29 is 9.72 Å². The lowest BCUT2D eigenvalue weighted by atomic mass is 10.1. The highest BCUT2D eigenvalue weighted by atomic mass is 16.6. The van der Waals surface area contributed by atoms with Gasteiger partial charge in [0.25, 0.3) is 5.69 Å². The maximum absolute atomic E-state index is 12.5. The number of fused-ring (bicyclic) bond motifs is 3. The lowest BCUT2D eigenvalue weighted by Gasteiger charge is -2.36. The van der Waals surface area contributed by atoms with E-state index in [4.69, 9.17) is 4.98 Å². The standard InChI is InChI=1S/C22H23N7O3/c1-26-19-12-23-20(25-21(19)28-10-4-7-18(28)22(26)30)9-8-15-11-24-27(13-15)14-16-5-2-3-6-17(16)29(31)32/h2-3,5-6,11-13,18H,4,7-10,14H2,1H3/t18-/m0/s1. The second-order valence-corrected chi connectivity index (χ2v) is 8.18. The Labute approximate surface area is 184 Å². The first-order valence-corrected chi connectivity index (χ1v) is 10.6. The molecule has 0 saturated carbocycles. The Morgan fingerprint density at radius 2 is 2.06 bits per heavy atom. The van der Waals surface area contributed by atoms with E-state index in [0.29, 0.717) is 24.9 Å². The predicted molar refractivity (Wildman–Crippen MR) is 118 cm³/mol. The summed E-state index contributed by atoms with van der Waals surface area (Å²) >= 11 is 0. The lowest BCUT2D eigenvalue weighted by Crippen LogP contribution is -2.49. The summed E-state index contributed by atoms with van der Waals surface area (Å²) in [6.45, 7) is 1.18. The van der Waals surface area contributed by atoms with Crippen LogP contribution in [0.1, 0.15) is 29.8 Å². The molecule has 0 spiro atoms. The number of benzene rings is 1. The molecule has 3 aromatic rings. The predicted octanol–water partition coefficient (Wildman–Crippen LogP) is 2.36. The van der Waals surface area contributed by atoms with Crippen molar-refractivity contribution in [3.63, 3.8) is 0 Å². The van der Waals surface area contributed by atoms with E-state index in [1.54, 1.807) is 47.2 Å². The van der Waals surface area contributed by atoms with Crippen LogP contribution in [0.25, 0.3) is 0 Å². The van der Waals surface area contributed by atoms with Crippen molar-refractivity contribution in [1.29, 1.82) is 0 Å². The van der Waals surface area contributed by atoms with Crippen LogP contribution in [-0.2, 0) is 24.2 Å². The van der Waals surface area contributed by atoms with Gasteiger partial charge in [0.05, 0.1) is 29.4 Å². The number of nitro groups is 1. The summed E-state index contributed by atoms with van der Waals surface area (Å²) < 4.78 is 1.71. The van der Waals surface area contributed by atoms with E-state index in [1.807, 2.05) is 6.20 Å². The van der Waals surface area contributed by atoms with Crippen LogP contribution in [0.4, 0.5) is 17.2 Å². The summed E-state index contributed by atoms with van der Waals surface area (Å²) in [5.41, 5.74) is 2.48. The molecule has 0 bridgehead atoms. The van der Waals surface area contributed by atoms with E-state index >= 15 is 0 Å². The van der Waals surface area contributed by atoms with Gasteiger partial charge in [0.15, 0.2) is 5.82 Å². The first-order valence-electron chi connectivity index (χ1n) is 10.6. The minimum absolute atomic E-state index is 0.0932. The van der Waals surface area contributed by atoms with E-state index < -0.39 is 0 Å². The summed E-state index contributed by atoms with van der Waals surface area (Å²) in [7, 11) is 1.78. The molecule has 2 aromatic heterocycles. The van der Waals surface area contributed by atoms with Crippen molar-refractivity contribution in [3.8, 4) is 0 Å². The van der Waals surface area contributed by atoms with Gasteiger partial charge >= 0.3 is 0 Å². The summed E-state index contributed by atoms with van der Waals surface area (Å²) in [6.07, 6.45) is 8.60. The van der Waals surface area contributed by atoms with Gasteiger partial charge in [0.2, 0.25) is 5.91 Å². The van der Waals surface area contributed by atoms with E-state index in [0.717, 1.165) is 42.3 Å². The van der Waals surface area contributed by atoms with Crippen LogP contribution < -0.4 is 9.80 Å². The normalized spacial score (nSPS) is 17.4. The quantitative estimate of drug-likeness (QED) is 0.433. The Morgan fingerprint density at radius 1 is 1.22 bits per heavy atom. The highest BCUT2D eigenvalue weighted by Crippen LogP contribution is 2.37. The molecule has 0 N–H and O–H groups in total. The number of nitro benzene ring substituents is 1. The number of anilines is 2. The van der Waals surface area contributed by atoms with Crippen molar-refractivity contribution in [3.05, 3.63) is 69.9 Å². The SMILES string of the molecule is CN1C(=O)[C@@H]2CCCN2c2nc(CCc3cnn(Cc4ccccc4[N+](=O)[O-])c3)ncc21. The molecule has 1 saturated heterocycles. The van der Waals surface area contributed by atoms with E-state index in [2.05, 4.69) is 15.0 Å². The fourth-order valence-corrected chi connectivity index (χ4v) is 4.46. The van der Waals surface area contributed by atoms with Gasteiger partial charge in [-0.2, -0.15) is 5.10 Å². The van der Waals surface area contributed by atoms with E-state index in [9.17, 15) is 14.9 Å². The van der Waals surface area contributed by atoms with Crippen LogP contribution in [0.5, 0.6) is 0 Å². The number of hydrogen-bond acceptors (Lipinski definition) is 7. The average Bonchev–Trinajstić information content (AvgIpc) is 3.46. The number of nitrogens with zero attached hydrogens (tertiary/aromatic N) is 7. The van der Waals surface area contributed by atoms with E-state index in [-0.39, 0.29) is 22.6 Å². The number of likely N-dealkylation sites (N-methyl/N-ethyl adjacent to an activating group) is 1. The molecule has 0 radical (unpaired) electrons. The molecular weight excluding hydrogens is 410 g/mol. The number of aromatic nitrogens is 4. The van der Waals surface area contributed by atoms with Crippen LogP contribution >= 0.6 is 0 Å². The monoisotopic (exact) mass is 433 g/mol. The second-order valence-electron chi connectivity index (χ2n) is 8.18. The van der Waals surface area contributed by atoms with Crippen molar-refractivity contribution in [2.24, 2.45) is 0 Å². The average molecular weight is 433 g/mol. The van der Waals surface area contributed by atoms with Crippen molar-refractivity contribution in [1.82, 2.24) is 19.7 Å². The van der Waals surface area contributed by atoms with Crippen LogP contribution in [0.15, 0.2) is 42.9 Å². The number of carbonyl (C=O) groups is 1. The highest BCUT2D eigenvalue weighted by Gasteiger charge is 2.40. The second kappa shape index (κ2) is 8.03. The molecule has 5 rings (SSSR count). The Kier molecular flexibility index (Phi) is 5.04. The molecule has 1 aromatic carbocycles. The lowest BCUT2D eigenvalue weighted by molar-refractivity contribution is -0.385. The number of carbonyl (C=O) groups excluding carboxylic acids is 1. The summed E-state index contributed by atoms with van der Waals surface area (Å²) in [5, 5.41) is 15.6. The topological polar surface area (TPSA) is 110 Å². The third-order valence-electron chi connectivity index (χ3n) is 6.15. The molecule has 164 valence electrons. The molecule has 10 heteroatoms. The van der Waals surface area contributed by atoms with Crippen molar-refractivity contribution in [2.75, 3.05) is 23.4 Å². The third kappa shape index (κ3) is 3.57. The number of para-hydroxylation sites is 1. The smallest absolute Gasteiger partial charge is 0.274 e. The minimum atomic E-state index is -0.372. The third-order valence-corrected chi connectivity index (χ3v) is 6.15. The van der Waals surface area contributed by atoms with Crippen LogP contribution in [0, 0.1) is 10.1 Å². The highest BCUT2D eigenvalue weighted by molar-refractivity contribution is 6.04. The number of amides is 1. The molecule has 2 aliphatic rings. The molecule has 32 heavy (non-hydrogen) atoms. The maximum Gasteiger partial charge on any atom is 0.274 e. The fraction of sp³-hybridized carbons (Fsp3) is 0.364. The minimum Gasteiger partial charge on any atom is -0.343 e. The Morgan fingerprint density at radius 3 is 2.91 bits per heavy atom. The van der Waals surface area contributed by atoms with Gasteiger partial charge < -0.3 is 9.80 Å². The molecule has 10 nitrogen and oxygen atoms in total. The largest absolute Gasteiger partial charge is 0.343 e. The molecule has 4 heterocycles. The van der Waals surface area contributed by atoms with Gasteiger partial charge in [-0.05, 0) is 24.8 Å². The fourth-order valence-electron chi connectivity index (χ4n) is 4.46. The zero-order valence-corrected chi connectivity index (χ0v) is 17.7. The maximum atomic E-state index is 12.5. The van der Waals surface area contributed by atoms with Gasteiger partial charge in [-0.3, -0.25) is 19.6 Å².